The SMILES string of the molecule is CCOCCc1noc([C@@H](N)C(C)CC)n1. The maximum Gasteiger partial charge on any atom is 0.243 e. The summed E-state index contributed by atoms with van der Waals surface area (Å²) >= 11 is 0. The maximum absolute atomic E-state index is 5.99. The number of aromatic nitrogens is 2. The Hall–Kier alpha value is -0.940. The molecule has 16 heavy (non-hydrogen) atoms. The van der Waals surface area contributed by atoms with Crippen molar-refractivity contribution in [3.63, 3.8) is 0 Å². The highest BCUT2D eigenvalue weighted by Gasteiger charge is 2.19. The summed E-state index contributed by atoms with van der Waals surface area (Å²) in [6.07, 6.45) is 1.67. The largest absolute Gasteiger partial charge is 0.381 e. The highest BCUT2D eigenvalue weighted by molar-refractivity contribution is 4.93. The molecular formula is C11H21N3O2. The van der Waals surface area contributed by atoms with E-state index in [0.717, 1.165) is 6.42 Å². The van der Waals surface area contributed by atoms with Gasteiger partial charge in [0.05, 0.1) is 12.6 Å². The van der Waals surface area contributed by atoms with E-state index < -0.39 is 0 Å². The smallest absolute Gasteiger partial charge is 0.243 e. The van der Waals surface area contributed by atoms with Crippen LogP contribution in [0.4, 0.5) is 0 Å². The van der Waals surface area contributed by atoms with Crippen molar-refractivity contribution in [2.75, 3.05) is 13.2 Å². The predicted octanol–water partition coefficient (Wildman–Crippen LogP) is 1.69. The van der Waals surface area contributed by atoms with Gasteiger partial charge in [0, 0.05) is 13.0 Å². The molecule has 5 nitrogen and oxygen atoms in total. The number of ether oxygens (including phenoxy) is 1. The van der Waals surface area contributed by atoms with Crippen LogP contribution >= 0.6 is 0 Å². The summed E-state index contributed by atoms with van der Waals surface area (Å²) in [5.41, 5.74) is 5.99. The summed E-state index contributed by atoms with van der Waals surface area (Å²) < 4.78 is 10.4. The molecule has 5 heteroatoms. The van der Waals surface area contributed by atoms with E-state index >= 15 is 0 Å². The lowest BCUT2D eigenvalue weighted by atomic mass is 10.0. The van der Waals surface area contributed by atoms with Gasteiger partial charge in [-0.15, -0.1) is 0 Å². The molecule has 0 saturated heterocycles. The van der Waals surface area contributed by atoms with Gasteiger partial charge in [-0.3, -0.25) is 0 Å². The van der Waals surface area contributed by atoms with Crippen LogP contribution in [0.25, 0.3) is 0 Å². The first kappa shape index (κ1) is 13.1. The molecule has 0 aliphatic carbocycles. The molecule has 0 radical (unpaired) electrons. The van der Waals surface area contributed by atoms with Gasteiger partial charge in [0.15, 0.2) is 5.82 Å². The van der Waals surface area contributed by atoms with E-state index in [1.54, 1.807) is 0 Å². The number of nitrogens with zero attached hydrogens (tertiary/aromatic N) is 2. The van der Waals surface area contributed by atoms with Crippen molar-refractivity contribution >= 4 is 0 Å². The molecule has 1 aromatic rings. The average Bonchev–Trinajstić information content (AvgIpc) is 2.76. The minimum Gasteiger partial charge on any atom is -0.381 e. The third-order valence-corrected chi connectivity index (χ3v) is 2.70. The lowest BCUT2D eigenvalue weighted by molar-refractivity contribution is 0.149. The van der Waals surface area contributed by atoms with Crippen LogP contribution < -0.4 is 5.73 Å². The normalized spacial score (nSPS) is 15.0. The first-order valence-electron chi connectivity index (χ1n) is 5.84. The third kappa shape index (κ3) is 3.57. The second-order valence-corrected chi connectivity index (χ2v) is 3.91. The molecule has 1 rings (SSSR count). The molecule has 0 amide bonds. The molecular weight excluding hydrogens is 206 g/mol. The minimum atomic E-state index is -0.168. The first-order chi connectivity index (χ1) is 7.69. The molecule has 0 spiro atoms. The Labute approximate surface area is 96.4 Å². The Morgan fingerprint density at radius 3 is 2.81 bits per heavy atom. The summed E-state index contributed by atoms with van der Waals surface area (Å²) in [6, 6.07) is -0.168. The molecule has 2 atom stereocenters. The van der Waals surface area contributed by atoms with Crippen molar-refractivity contribution in [3.8, 4) is 0 Å². The lowest BCUT2D eigenvalue weighted by Crippen LogP contribution is -2.18. The Morgan fingerprint density at radius 1 is 1.44 bits per heavy atom. The van der Waals surface area contributed by atoms with Gasteiger partial charge < -0.3 is 15.0 Å². The minimum absolute atomic E-state index is 0.168. The third-order valence-electron chi connectivity index (χ3n) is 2.70. The second-order valence-electron chi connectivity index (χ2n) is 3.91. The van der Waals surface area contributed by atoms with E-state index in [2.05, 4.69) is 24.0 Å². The number of rotatable bonds is 7. The van der Waals surface area contributed by atoms with Crippen LogP contribution in [-0.4, -0.2) is 23.4 Å². The van der Waals surface area contributed by atoms with Crippen molar-refractivity contribution in [1.82, 2.24) is 10.1 Å². The fourth-order valence-electron chi connectivity index (χ4n) is 1.31. The van der Waals surface area contributed by atoms with Crippen molar-refractivity contribution in [3.05, 3.63) is 11.7 Å². The fraction of sp³-hybridized carbons (Fsp3) is 0.818. The van der Waals surface area contributed by atoms with E-state index in [1.165, 1.54) is 0 Å². The van der Waals surface area contributed by atoms with Crippen molar-refractivity contribution in [2.24, 2.45) is 11.7 Å². The highest BCUT2D eigenvalue weighted by atomic mass is 16.5. The van der Waals surface area contributed by atoms with Gasteiger partial charge in [0.25, 0.3) is 0 Å². The van der Waals surface area contributed by atoms with Gasteiger partial charge in [-0.1, -0.05) is 25.4 Å². The van der Waals surface area contributed by atoms with E-state index in [0.29, 0.717) is 37.3 Å². The van der Waals surface area contributed by atoms with Gasteiger partial charge in [-0.25, -0.2) is 0 Å². The summed E-state index contributed by atoms with van der Waals surface area (Å²) in [5.74, 6) is 1.54. The molecule has 0 fully saturated rings. The molecule has 92 valence electrons. The van der Waals surface area contributed by atoms with Crippen molar-refractivity contribution in [1.29, 1.82) is 0 Å². The van der Waals surface area contributed by atoms with Gasteiger partial charge in [0.2, 0.25) is 5.89 Å². The quantitative estimate of drug-likeness (QED) is 0.717. The summed E-state index contributed by atoms with van der Waals surface area (Å²) in [6.45, 7) is 7.46. The lowest BCUT2D eigenvalue weighted by Gasteiger charge is -2.12. The fourth-order valence-corrected chi connectivity index (χ4v) is 1.31. The summed E-state index contributed by atoms with van der Waals surface area (Å²) in [5, 5.41) is 3.88. The highest BCUT2D eigenvalue weighted by Crippen LogP contribution is 2.19. The zero-order chi connectivity index (χ0) is 12.0. The standard InChI is InChI=1S/C11H21N3O2/c1-4-8(3)10(12)11-13-9(14-16-11)6-7-15-5-2/h8,10H,4-7,12H2,1-3H3/t8?,10-/m0/s1. The molecule has 2 N–H and O–H groups in total. The first-order valence-corrected chi connectivity index (χ1v) is 5.84. The van der Waals surface area contributed by atoms with Crippen LogP contribution in [0.15, 0.2) is 4.52 Å². The average molecular weight is 227 g/mol. The zero-order valence-electron chi connectivity index (χ0n) is 10.3. The van der Waals surface area contributed by atoms with Crippen molar-refractivity contribution < 1.29 is 9.26 Å². The Bertz CT molecular complexity index is 301. The Balaban J connectivity index is 2.50. The summed E-state index contributed by atoms with van der Waals surface area (Å²) in [4.78, 5) is 4.27. The van der Waals surface area contributed by atoms with Gasteiger partial charge in [-0.05, 0) is 12.8 Å². The van der Waals surface area contributed by atoms with Gasteiger partial charge >= 0.3 is 0 Å². The van der Waals surface area contributed by atoms with Crippen LogP contribution in [0, 0.1) is 5.92 Å². The maximum atomic E-state index is 5.99. The van der Waals surface area contributed by atoms with Crippen LogP contribution in [0.2, 0.25) is 0 Å². The van der Waals surface area contributed by atoms with Gasteiger partial charge in [0.1, 0.15) is 0 Å². The van der Waals surface area contributed by atoms with Crippen LogP contribution in [0.1, 0.15) is 44.9 Å². The zero-order valence-corrected chi connectivity index (χ0v) is 10.3. The Morgan fingerprint density at radius 2 is 2.19 bits per heavy atom. The van der Waals surface area contributed by atoms with Crippen LogP contribution in [0.3, 0.4) is 0 Å². The molecule has 1 unspecified atom stereocenters. The van der Waals surface area contributed by atoms with Crippen molar-refractivity contribution in [2.45, 2.75) is 39.7 Å². The van der Waals surface area contributed by atoms with E-state index in [-0.39, 0.29) is 6.04 Å². The molecule has 1 heterocycles. The number of hydrogen-bond acceptors (Lipinski definition) is 5. The monoisotopic (exact) mass is 227 g/mol. The molecule has 0 saturated carbocycles. The second kappa shape index (κ2) is 6.60. The molecule has 0 aromatic carbocycles. The molecule has 1 aromatic heterocycles. The molecule has 0 aliphatic heterocycles. The molecule has 0 bridgehead atoms. The molecule has 0 aliphatic rings. The number of hydrogen-bond donors (Lipinski definition) is 1. The van der Waals surface area contributed by atoms with E-state index in [4.69, 9.17) is 15.0 Å². The van der Waals surface area contributed by atoms with E-state index in [9.17, 15) is 0 Å². The van der Waals surface area contributed by atoms with E-state index in [1.807, 2.05) is 6.92 Å². The van der Waals surface area contributed by atoms with Crippen LogP contribution in [0.5, 0.6) is 0 Å². The van der Waals surface area contributed by atoms with Crippen LogP contribution in [-0.2, 0) is 11.2 Å². The Kier molecular flexibility index (Phi) is 5.42. The topological polar surface area (TPSA) is 74.2 Å². The van der Waals surface area contributed by atoms with Gasteiger partial charge in [-0.2, -0.15) is 4.98 Å². The number of nitrogens with two attached hydrogens (primary N) is 1. The summed E-state index contributed by atoms with van der Waals surface area (Å²) in [7, 11) is 0. The predicted molar refractivity (Wildman–Crippen MR) is 60.9 cm³/mol.